The molecule has 32 heavy (non-hydrogen) atoms. The summed E-state index contributed by atoms with van der Waals surface area (Å²) in [6.07, 6.45) is 2.99. The Kier molecular flexibility index (Phi) is 5.58. The Morgan fingerprint density at radius 3 is 2.44 bits per heavy atom. The summed E-state index contributed by atoms with van der Waals surface area (Å²) in [4.78, 5) is 57.6. The van der Waals surface area contributed by atoms with Crippen molar-refractivity contribution in [3.05, 3.63) is 45.1 Å². The number of hydrogen-bond donors (Lipinski definition) is 1. The van der Waals surface area contributed by atoms with E-state index >= 15 is 0 Å². The highest BCUT2D eigenvalue weighted by Gasteiger charge is 2.40. The molecule has 0 saturated carbocycles. The number of nitrogens with one attached hydrogen (secondary N) is 1. The average Bonchev–Trinajstić information content (AvgIpc) is 3.21. The lowest BCUT2D eigenvalue weighted by atomic mass is 10.0. The van der Waals surface area contributed by atoms with Crippen LogP contribution in [0.15, 0.2) is 33.9 Å². The van der Waals surface area contributed by atoms with E-state index in [1.807, 2.05) is 4.90 Å². The van der Waals surface area contributed by atoms with Gasteiger partial charge in [0.15, 0.2) is 0 Å². The fourth-order valence-electron chi connectivity index (χ4n) is 5.36. The van der Waals surface area contributed by atoms with E-state index in [0.29, 0.717) is 56.6 Å². The Morgan fingerprint density at radius 1 is 0.969 bits per heavy atom. The number of amides is 2. The lowest BCUT2D eigenvalue weighted by molar-refractivity contribution is -0.137. The number of piperidine rings is 1. The zero-order valence-electron chi connectivity index (χ0n) is 18.0. The van der Waals surface area contributed by atoms with Crippen molar-refractivity contribution in [1.29, 1.82) is 0 Å². The van der Waals surface area contributed by atoms with Crippen LogP contribution in [-0.4, -0.2) is 70.1 Å². The van der Waals surface area contributed by atoms with Crippen LogP contribution in [0.2, 0.25) is 0 Å². The number of para-hydroxylation sites is 1. The Bertz CT molecular complexity index is 1140. The predicted molar refractivity (Wildman–Crippen MR) is 117 cm³/mol. The normalized spacial score (nSPS) is 23.2. The number of carbonyl (C=O) groups excluding carboxylic acids is 2. The van der Waals surface area contributed by atoms with E-state index in [2.05, 4.69) is 4.98 Å². The Morgan fingerprint density at radius 2 is 1.69 bits per heavy atom. The molecule has 9 heteroatoms. The first kappa shape index (κ1) is 20.9. The summed E-state index contributed by atoms with van der Waals surface area (Å²) in [7, 11) is 0. The summed E-state index contributed by atoms with van der Waals surface area (Å²) in [5.41, 5.74) is -0.166. The number of carbonyl (C=O) groups is 2. The van der Waals surface area contributed by atoms with Crippen LogP contribution in [0, 0.1) is 5.92 Å². The molecule has 4 heterocycles. The molecular weight excluding hydrogens is 412 g/mol. The molecule has 5 rings (SSSR count). The van der Waals surface area contributed by atoms with Gasteiger partial charge in [-0.2, -0.15) is 0 Å². The second-order valence-corrected chi connectivity index (χ2v) is 9.00. The van der Waals surface area contributed by atoms with Gasteiger partial charge in [-0.05, 0) is 37.8 Å². The summed E-state index contributed by atoms with van der Waals surface area (Å²) < 4.78 is 6.69. The number of aromatic amines is 1. The molecule has 3 saturated heterocycles. The maximum absolute atomic E-state index is 13.1. The molecule has 1 N–H and O–H groups in total. The molecule has 0 aliphatic carbocycles. The second-order valence-electron chi connectivity index (χ2n) is 9.00. The molecule has 3 fully saturated rings. The van der Waals surface area contributed by atoms with Crippen molar-refractivity contribution >= 4 is 22.7 Å². The van der Waals surface area contributed by atoms with Crippen LogP contribution < -0.4 is 11.2 Å². The number of fused-ring (bicyclic) bond motifs is 1. The molecule has 2 aromatic rings. The average molecular weight is 441 g/mol. The van der Waals surface area contributed by atoms with Gasteiger partial charge < -0.3 is 19.5 Å². The van der Waals surface area contributed by atoms with Crippen LogP contribution in [0.5, 0.6) is 0 Å². The van der Waals surface area contributed by atoms with E-state index in [1.165, 1.54) is 4.57 Å². The zero-order chi connectivity index (χ0) is 22.2. The minimum Gasteiger partial charge on any atom is -0.381 e. The van der Waals surface area contributed by atoms with Gasteiger partial charge >= 0.3 is 5.69 Å². The van der Waals surface area contributed by atoms with Gasteiger partial charge in [0.2, 0.25) is 11.8 Å². The highest BCUT2D eigenvalue weighted by molar-refractivity contribution is 5.89. The summed E-state index contributed by atoms with van der Waals surface area (Å²) in [6, 6.07) is 6.92. The highest BCUT2D eigenvalue weighted by Crippen LogP contribution is 2.28. The van der Waals surface area contributed by atoms with E-state index in [9.17, 15) is 19.2 Å². The minimum atomic E-state index is -0.410. The first-order valence-electron chi connectivity index (χ1n) is 11.4. The molecule has 1 atom stereocenters. The number of ether oxygens (including phenoxy) is 1. The fourth-order valence-corrected chi connectivity index (χ4v) is 5.36. The van der Waals surface area contributed by atoms with Crippen molar-refractivity contribution in [1.82, 2.24) is 19.4 Å². The van der Waals surface area contributed by atoms with Crippen LogP contribution in [0.4, 0.5) is 0 Å². The van der Waals surface area contributed by atoms with Crippen molar-refractivity contribution < 1.29 is 14.3 Å². The van der Waals surface area contributed by atoms with Crippen molar-refractivity contribution in [3.8, 4) is 0 Å². The molecule has 0 spiro atoms. The van der Waals surface area contributed by atoms with Gasteiger partial charge in [-0.3, -0.25) is 19.0 Å². The van der Waals surface area contributed by atoms with Crippen molar-refractivity contribution in [2.45, 2.75) is 44.2 Å². The van der Waals surface area contributed by atoms with Crippen LogP contribution in [0.1, 0.15) is 38.1 Å². The van der Waals surface area contributed by atoms with Gasteiger partial charge in [-0.25, -0.2) is 4.79 Å². The topological polar surface area (TPSA) is 105 Å². The van der Waals surface area contributed by atoms with Gasteiger partial charge in [0.1, 0.15) is 0 Å². The van der Waals surface area contributed by atoms with E-state index < -0.39 is 5.69 Å². The third-order valence-electron chi connectivity index (χ3n) is 7.12. The number of rotatable bonds is 3. The maximum atomic E-state index is 13.1. The quantitative estimate of drug-likeness (QED) is 0.763. The third kappa shape index (κ3) is 3.74. The molecular formula is C23H28N4O5. The van der Waals surface area contributed by atoms with Gasteiger partial charge in [0, 0.05) is 51.4 Å². The number of hydrogen-bond acceptors (Lipinski definition) is 5. The van der Waals surface area contributed by atoms with Crippen LogP contribution in [0.25, 0.3) is 10.9 Å². The fraction of sp³-hybridized carbons (Fsp3) is 0.565. The van der Waals surface area contributed by atoms with Gasteiger partial charge in [-0.15, -0.1) is 0 Å². The number of aromatic nitrogens is 2. The standard InChI is InChI=1S/C23H28N4O5/c28-20-13-15(14-26(20)16-7-11-32-12-8-16)21(29)25-9-5-17(6-10-25)27-22(30)18-3-1-2-4-19(18)24-23(27)31/h1-4,15-17H,5-14H2,(H,24,31). The number of benzene rings is 1. The molecule has 9 nitrogen and oxygen atoms in total. The summed E-state index contributed by atoms with van der Waals surface area (Å²) in [5, 5.41) is 0.489. The lowest BCUT2D eigenvalue weighted by Gasteiger charge is -2.34. The maximum Gasteiger partial charge on any atom is 0.329 e. The third-order valence-corrected chi connectivity index (χ3v) is 7.12. The molecule has 0 bridgehead atoms. The molecule has 3 aliphatic rings. The molecule has 3 aliphatic heterocycles. The van der Waals surface area contributed by atoms with Gasteiger partial charge in [0.05, 0.1) is 16.8 Å². The van der Waals surface area contributed by atoms with E-state index in [4.69, 9.17) is 4.74 Å². The molecule has 1 unspecified atom stereocenters. The summed E-state index contributed by atoms with van der Waals surface area (Å²) >= 11 is 0. The van der Waals surface area contributed by atoms with E-state index in [-0.39, 0.29) is 41.8 Å². The second kappa shape index (κ2) is 8.54. The van der Waals surface area contributed by atoms with E-state index in [1.54, 1.807) is 29.2 Å². The number of likely N-dealkylation sites (tertiary alicyclic amines) is 2. The first-order valence-corrected chi connectivity index (χ1v) is 11.4. The van der Waals surface area contributed by atoms with Crippen LogP contribution >= 0.6 is 0 Å². The number of nitrogens with zero attached hydrogens (tertiary/aromatic N) is 3. The van der Waals surface area contributed by atoms with Crippen LogP contribution in [-0.2, 0) is 14.3 Å². The molecule has 170 valence electrons. The summed E-state index contributed by atoms with van der Waals surface area (Å²) in [6.45, 7) is 2.75. The minimum absolute atomic E-state index is 0.00567. The summed E-state index contributed by atoms with van der Waals surface area (Å²) in [5.74, 6) is -0.251. The van der Waals surface area contributed by atoms with Gasteiger partial charge in [0.25, 0.3) is 5.56 Å². The van der Waals surface area contributed by atoms with Crippen molar-refractivity contribution in [3.63, 3.8) is 0 Å². The Labute approximate surface area is 184 Å². The smallest absolute Gasteiger partial charge is 0.329 e. The molecule has 2 amide bonds. The number of H-pyrrole nitrogens is 1. The monoisotopic (exact) mass is 440 g/mol. The Hall–Kier alpha value is -2.94. The zero-order valence-corrected chi connectivity index (χ0v) is 18.0. The Balaban J connectivity index is 1.25. The highest BCUT2D eigenvalue weighted by atomic mass is 16.5. The van der Waals surface area contributed by atoms with E-state index in [0.717, 1.165) is 12.8 Å². The molecule has 1 aromatic heterocycles. The van der Waals surface area contributed by atoms with Gasteiger partial charge in [-0.1, -0.05) is 12.1 Å². The SMILES string of the molecule is O=C(C1CC(=O)N(C2CCOCC2)C1)N1CCC(n2c(=O)[nH]c3ccccc3c2=O)CC1. The van der Waals surface area contributed by atoms with Crippen molar-refractivity contribution in [2.75, 3.05) is 32.8 Å². The van der Waals surface area contributed by atoms with Crippen molar-refractivity contribution in [2.24, 2.45) is 5.92 Å². The van der Waals surface area contributed by atoms with Crippen LogP contribution in [0.3, 0.4) is 0 Å². The lowest BCUT2D eigenvalue weighted by Crippen LogP contribution is -2.47. The largest absolute Gasteiger partial charge is 0.381 e. The first-order chi connectivity index (χ1) is 15.5. The molecule has 1 aromatic carbocycles. The molecule has 0 radical (unpaired) electrons. The predicted octanol–water partition coefficient (Wildman–Crippen LogP) is 0.881.